The molecule has 14 nitrogen and oxygen atoms in total. The molecular weight excluding hydrogens is 368 g/mol. The van der Waals surface area contributed by atoms with Crippen molar-refractivity contribution in [2.45, 2.75) is 37.2 Å². The second-order valence-electron chi connectivity index (χ2n) is 6.15. The van der Waals surface area contributed by atoms with Crippen LogP contribution >= 0.6 is 0 Å². The molecule has 3 rings (SSSR count). The van der Waals surface area contributed by atoms with E-state index >= 15 is 0 Å². The summed E-state index contributed by atoms with van der Waals surface area (Å²) < 4.78 is 7.41. The minimum Gasteiger partial charge on any atom is -0.394 e. The molecule has 1 aliphatic heterocycles. The monoisotopic (exact) mass is 388 g/mol. The zero-order valence-corrected chi connectivity index (χ0v) is 13.9. The summed E-state index contributed by atoms with van der Waals surface area (Å²) in [6.07, 6.45) is -7.16. The van der Waals surface area contributed by atoms with E-state index in [-0.39, 0.29) is 11.2 Å². The maximum Gasteiger partial charge on any atom is 0.332 e. The summed E-state index contributed by atoms with van der Waals surface area (Å²) in [6.45, 7) is -1.79. The van der Waals surface area contributed by atoms with Gasteiger partial charge in [-0.25, -0.2) is 9.36 Å². The van der Waals surface area contributed by atoms with E-state index in [2.05, 4.69) is 4.98 Å². The first-order chi connectivity index (χ1) is 12.7. The normalized spacial score (nSPS) is 26.7. The van der Waals surface area contributed by atoms with Crippen molar-refractivity contribution in [1.82, 2.24) is 18.8 Å². The number of rotatable bonds is 5. The quantitative estimate of drug-likeness (QED) is 0.239. The second-order valence-corrected chi connectivity index (χ2v) is 6.15. The van der Waals surface area contributed by atoms with Gasteiger partial charge in [0.25, 0.3) is 5.56 Å². The van der Waals surface area contributed by atoms with Crippen LogP contribution in [-0.4, -0.2) is 82.0 Å². The number of hydrogen-bond acceptors (Lipinski definition) is 11. The highest BCUT2D eigenvalue weighted by Crippen LogP contribution is 2.30. The molecule has 0 amide bonds. The highest BCUT2D eigenvalue weighted by atomic mass is 16.6. The van der Waals surface area contributed by atoms with Crippen LogP contribution in [0, 0.1) is 0 Å². The van der Waals surface area contributed by atoms with Crippen LogP contribution in [0.2, 0.25) is 0 Å². The van der Waals surface area contributed by atoms with Gasteiger partial charge in [-0.1, -0.05) is 0 Å². The van der Waals surface area contributed by atoms with Crippen molar-refractivity contribution in [2.24, 2.45) is 0 Å². The third-order valence-electron chi connectivity index (χ3n) is 4.41. The number of nitrogens with two attached hydrogens (primary N) is 2. The molecule has 5 atom stereocenters. The SMILES string of the molecule is Nc1nc2c(c(=O)n1N)n(CC(O)CO)c(=O)n2[C@@H]1O[C@H](CO)C(O)C1O. The van der Waals surface area contributed by atoms with Gasteiger partial charge in [-0.15, -0.1) is 0 Å². The van der Waals surface area contributed by atoms with Crippen LogP contribution in [0.3, 0.4) is 0 Å². The van der Waals surface area contributed by atoms with Gasteiger partial charge in [0, 0.05) is 0 Å². The molecule has 0 aliphatic carbocycles. The average molecular weight is 388 g/mol. The first-order valence-electron chi connectivity index (χ1n) is 7.92. The van der Waals surface area contributed by atoms with Crippen molar-refractivity contribution < 1.29 is 30.3 Å². The number of hydrogen-bond donors (Lipinski definition) is 7. The zero-order chi connectivity index (χ0) is 20.0. The molecular formula is C13H20N6O8. The molecule has 0 bridgehead atoms. The Morgan fingerprint density at radius 2 is 1.89 bits per heavy atom. The number of nitrogens with zero attached hydrogens (tertiary/aromatic N) is 4. The fourth-order valence-corrected chi connectivity index (χ4v) is 3.01. The van der Waals surface area contributed by atoms with Gasteiger partial charge < -0.3 is 41.8 Å². The van der Waals surface area contributed by atoms with Crippen LogP contribution in [-0.2, 0) is 11.3 Å². The third kappa shape index (κ3) is 2.88. The molecule has 3 unspecified atom stereocenters. The van der Waals surface area contributed by atoms with Gasteiger partial charge in [0.2, 0.25) is 5.95 Å². The van der Waals surface area contributed by atoms with Gasteiger partial charge in [0.15, 0.2) is 17.4 Å². The van der Waals surface area contributed by atoms with Gasteiger partial charge in [0.1, 0.15) is 18.3 Å². The van der Waals surface area contributed by atoms with E-state index in [9.17, 15) is 30.0 Å². The highest BCUT2D eigenvalue weighted by molar-refractivity contribution is 5.72. The molecule has 14 heteroatoms. The van der Waals surface area contributed by atoms with Crippen molar-refractivity contribution in [2.75, 3.05) is 24.8 Å². The number of ether oxygens (including phenoxy) is 1. The van der Waals surface area contributed by atoms with Crippen molar-refractivity contribution in [1.29, 1.82) is 0 Å². The molecule has 1 fully saturated rings. The van der Waals surface area contributed by atoms with Crippen molar-refractivity contribution in [3.63, 3.8) is 0 Å². The van der Waals surface area contributed by atoms with Gasteiger partial charge in [0.05, 0.1) is 25.9 Å². The summed E-state index contributed by atoms with van der Waals surface area (Å²) in [7, 11) is 0. The van der Waals surface area contributed by atoms with E-state index in [0.717, 1.165) is 9.13 Å². The van der Waals surface area contributed by atoms with Crippen molar-refractivity contribution in [3.8, 4) is 0 Å². The van der Waals surface area contributed by atoms with E-state index in [1.165, 1.54) is 0 Å². The van der Waals surface area contributed by atoms with Gasteiger partial charge >= 0.3 is 5.69 Å². The number of aliphatic hydroxyl groups excluding tert-OH is 5. The smallest absolute Gasteiger partial charge is 0.332 e. The number of anilines is 1. The Labute approximate surface area is 150 Å². The summed E-state index contributed by atoms with van der Waals surface area (Å²) in [4.78, 5) is 29.3. The summed E-state index contributed by atoms with van der Waals surface area (Å²) in [5, 5.41) is 48.1. The van der Waals surface area contributed by atoms with Crippen LogP contribution < -0.4 is 22.8 Å². The lowest BCUT2D eigenvalue weighted by atomic mass is 10.1. The molecule has 0 spiro atoms. The Hall–Kier alpha value is -2.49. The van der Waals surface area contributed by atoms with E-state index < -0.39 is 67.6 Å². The number of nitrogen functional groups attached to an aromatic ring is 2. The van der Waals surface area contributed by atoms with Crippen molar-refractivity contribution >= 4 is 17.1 Å². The molecule has 2 aromatic rings. The van der Waals surface area contributed by atoms with E-state index in [4.69, 9.17) is 21.4 Å². The van der Waals surface area contributed by atoms with Crippen LogP contribution in [0.15, 0.2) is 9.59 Å². The molecule has 1 aliphatic rings. The average Bonchev–Trinajstić information content (AvgIpc) is 3.07. The number of aromatic nitrogens is 4. The number of imidazole rings is 1. The minimum absolute atomic E-state index is 0.302. The highest BCUT2D eigenvalue weighted by Gasteiger charge is 2.45. The third-order valence-corrected chi connectivity index (χ3v) is 4.41. The Balaban J connectivity index is 2.29. The topological polar surface area (TPSA) is 224 Å². The Morgan fingerprint density at radius 1 is 1.22 bits per heavy atom. The molecule has 1 saturated heterocycles. The van der Waals surface area contributed by atoms with Gasteiger partial charge in [-0.3, -0.25) is 9.36 Å². The largest absolute Gasteiger partial charge is 0.394 e. The maximum atomic E-state index is 12.9. The predicted molar refractivity (Wildman–Crippen MR) is 88.9 cm³/mol. The molecule has 3 heterocycles. The van der Waals surface area contributed by atoms with Gasteiger partial charge in [-0.05, 0) is 0 Å². The summed E-state index contributed by atoms with van der Waals surface area (Å²) in [5.74, 6) is 5.08. The van der Waals surface area contributed by atoms with Gasteiger partial charge in [-0.2, -0.15) is 9.66 Å². The lowest BCUT2D eigenvalue weighted by Crippen LogP contribution is -2.37. The predicted octanol–water partition coefficient (Wildman–Crippen LogP) is -5.38. The van der Waals surface area contributed by atoms with Crippen LogP contribution in [0.25, 0.3) is 11.2 Å². The van der Waals surface area contributed by atoms with E-state index in [0.29, 0.717) is 4.68 Å². The molecule has 2 aromatic heterocycles. The molecule has 27 heavy (non-hydrogen) atoms. The molecule has 0 radical (unpaired) electrons. The molecule has 0 aromatic carbocycles. The molecule has 9 N–H and O–H groups in total. The minimum atomic E-state index is -1.62. The Bertz CT molecular complexity index is 966. The fraction of sp³-hybridized carbons (Fsp3) is 0.615. The van der Waals surface area contributed by atoms with E-state index in [1.54, 1.807) is 0 Å². The standard InChI is InChI=1S/C13H20N6O8/c14-12-16-9-6(10(25)19(12)15)17(1-4(22)2-20)13(26)18(9)11-8(24)7(23)5(3-21)27-11/h4-5,7-8,11,20-24H,1-3,15H2,(H2,14,16)/t4?,5-,7?,8?,11-/m1/s1. The summed E-state index contributed by atoms with van der Waals surface area (Å²) in [6, 6.07) is 0. The maximum absolute atomic E-state index is 12.9. The Kier molecular flexibility index (Phi) is 4.94. The van der Waals surface area contributed by atoms with Crippen LogP contribution in [0.4, 0.5) is 5.95 Å². The summed E-state index contributed by atoms with van der Waals surface area (Å²) >= 11 is 0. The second kappa shape index (κ2) is 6.91. The summed E-state index contributed by atoms with van der Waals surface area (Å²) in [5.41, 5.74) is 3.09. The Morgan fingerprint density at radius 3 is 2.44 bits per heavy atom. The number of aliphatic hydroxyl groups is 5. The first-order valence-corrected chi connectivity index (χ1v) is 7.92. The number of fused-ring (bicyclic) bond motifs is 1. The van der Waals surface area contributed by atoms with E-state index in [1.807, 2.05) is 0 Å². The molecule has 0 saturated carbocycles. The lowest BCUT2D eigenvalue weighted by Gasteiger charge is -2.16. The van der Waals surface area contributed by atoms with Crippen molar-refractivity contribution in [3.05, 3.63) is 20.8 Å². The zero-order valence-electron chi connectivity index (χ0n) is 13.9. The molecule has 150 valence electrons. The first kappa shape index (κ1) is 19.3. The van der Waals surface area contributed by atoms with Crippen LogP contribution in [0.1, 0.15) is 6.23 Å². The van der Waals surface area contributed by atoms with Crippen LogP contribution in [0.5, 0.6) is 0 Å². The lowest BCUT2D eigenvalue weighted by molar-refractivity contribution is -0.0529. The fourth-order valence-electron chi connectivity index (χ4n) is 3.01.